The molecule has 0 spiro atoms. The molecule has 0 aliphatic heterocycles. The molecule has 6 nitrogen and oxygen atoms in total. The summed E-state index contributed by atoms with van der Waals surface area (Å²) in [6.07, 6.45) is -3.85. The minimum atomic E-state index is -4.89. The van der Waals surface area contributed by atoms with Crippen LogP contribution in [0.4, 0.5) is 24.7 Å². The van der Waals surface area contributed by atoms with Crippen molar-refractivity contribution in [2.45, 2.75) is 25.6 Å². The number of hydrogen-bond donors (Lipinski definition) is 0. The van der Waals surface area contributed by atoms with Gasteiger partial charge in [-0.1, -0.05) is 43.6 Å². The van der Waals surface area contributed by atoms with E-state index in [0.717, 1.165) is 16.6 Å². The van der Waals surface area contributed by atoms with Gasteiger partial charge in [-0.2, -0.15) is 0 Å². The Kier molecular flexibility index (Phi) is 7.05. The zero-order valence-corrected chi connectivity index (χ0v) is 20.3. The van der Waals surface area contributed by atoms with Gasteiger partial charge in [0.2, 0.25) is 10.0 Å². The van der Waals surface area contributed by atoms with Gasteiger partial charge >= 0.3 is 6.36 Å². The maximum absolute atomic E-state index is 12.8. The normalized spacial score (nSPS) is 12.4. The zero-order chi connectivity index (χ0) is 25.3. The summed E-state index contributed by atoms with van der Waals surface area (Å²) in [7, 11) is -2.48. The van der Waals surface area contributed by atoms with Crippen molar-refractivity contribution in [1.29, 1.82) is 0 Å². The van der Waals surface area contributed by atoms with E-state index in [9.17, 15) is 21.6 Å². The van der Waals surface area contributed by atoms with Crippen LogP contribution in [0.15, 0.2) is 60.7 Å². The molecule has 2 aromatic carbocycles. The van der Waals surface area contributed by atoms with Crippen molar-refractivity contribution in [3.8, 4) is 11.5 Å². The summed E-state index contributed by atoms with van der Waals surface area (Å²) in [4.78, 5) is 4.54. The Hall–Kier alpha value is -2.98. The number of methoxy groups -OCH3 is 1. The number of benzene rings is 2. The van der Waals surface area contributed by atoms with Gasteiger partial charge in [0.1, 0.15) is 17.3 Å². The number of alkyl halides is 3. The molecule has 182 valence electrons. The van der Waals surface area contributed by atoms with Gasteiger partial charge in [-0.05, 0) is 35.9 Å². The van der Waals surface area contributed by atoms with Gasteiger partial charge in [-0.25, -0.2) is 17.7 Å². The summed E-state index contributed by atoms with van der Waals surface area (Å²) in [6, 6.07) is 15.1. The zero-order valence-electron chi connectivity index (χ0n) is 18.7. The molecule has 0 N–H and O–H groups in total. The van der Waals surface area contributed by atoms with E-state index in [2.05, 4.69) is 9.72 Å². The molecule has 0 radical (unpaired) electrons. The molecule has 34 heavy (non-hydrogen) atoms. The minimum Gasteiger partial charge on any atom is -0.497 e. The average molecular weight is 515 g/mol. The third-order valence-electron chi connectivity index (χ3n) is 5.02. The molecular formula is C23H22ClF3N2O4S. The summed E-state index contributed by atoms with van der Waals surface area (Å²) in [5.41, 5.74) is 0.0478. The second kappa shape index (κ2) is 9.34. The van der Waals surface area contributed by atoms with Crippen LogP contribution in [-0.2, 0) is 15.4 Å². The number of para-hydroxylation sites is 1. The molecule has 3 aromatic rings. The van der Waals surface area contributed by atoms with Gasteiger partial charge in [-0.15, -0.1) is 13.2 Å². The lowest BCUT2D eigenvalue weighted by atomic mass is 9.81. The number of rotatable bonds is 7. The van der Waals surface area contributed by atoms with E-state index in [1.54, 1.807) is 50.2 Å². The molecule has 1 aromatic heterocycles. The first-order chi connectivity index (χ1) is 15.7. The Morgan fingerprint density at radius 2 is 1.59 bits per heavy atom. The van der Waals surface area contributed by atoms with E-state index in [-0.39, 0.29) is 16.6 Å². The highest BCUT2D eigenvalue weighted by molar-refractivity contribution is 7.92. The van der Waals surface area contributed by atoms with E-state index >= 15 is 0 Å². The van der Waals surface area contributed by atoms with Crippen molar-refractivity contribution < 1.29 is 31.1 Å². The number of sulfonamides is 1. The number of hydrogen-bond acceptors (Lipinski definition) is 5. The maximum atomic E-state index is 12.8. The number of pyridine rings is 1. The van der Waals surface area contributed by atoms with Gasteiger partial charge in [-0.3, -0.25) is 0 Å². The molecule has 11 heteroatoms. The molecule has 3 rings (SSSR count). The quantitative estimate of drug-likeness (QED) is 0.383. The number of halogens is 4. The van der Waals surface area contributed by atoms with E-state index in [1.807, 2.05) is 0 Å². The average Bonchev–Trinajstić information content (AvgIpc) is 2.71. The molecule has 0 fully saturated rings. The van der Waals surface area contributed by atoms with Crippen LogP contribution in [0.1, 0.15) is 25.1 Å². The van der Waals surface area contributed by atoms with Gasteiger partial charge in [0.05, 0.1) is 24.7 Å². The molecule has 0 aliphatic rings. The number of nitrogens with zero attached hydrogens (tertiary/aromatic N) is 2. The van der Waals surface area contributed by atoms with Crippen LogP contribution < -0.4 is 13.8 Å². The van der Waals surface area contributed by atoms with Crippen LogP contribution in [0.3, 0.4) is 0 Å². The molecule has 0 unspecified atom stereocenters. The first-order valence-electron chi connectivity index (χ1n) is 9.89. The van der Waals surface area contributed by atoms with E-state index in [4.69, 9.17) is 16.3 Å². The minimum absolute atomic E-state index is 0.0407. The van der Waals surface area contributed by atoms with Gasteiger partial charge in [0, 0.05) is 22.6 Å². The summed E-state index contributed by atoms with van der Waals surface area (Å²) >= 11 is 6.34. The molecule has 0 saturated carbocycles. The fourth-order valence-corrected chi connectivity index (χ4v) is 4.49. The van der Waals surface area contributed by atoms with Crippen LogP contribution in [0, 0.1) is 0 Å². The predicted octanol–water partition coefficient (Wildman–Crippen LogP) is 6.07. The number of ether oxygens (including phenoxy) is 2. The molecule has 0 bridgehead atoms. The lowest BCUT2D eigenvalue weighted by molar-refractivity contribution is -0.274. The summed E-state index contributed by atoms with van der Waals surface area (Å²) in [5.74, 6) is -0.271. The highest BCUT2D eigenvalue weighted by Gasteiger charge is 2.33. The highest BCUT2D eigenvalue weighted by atomic mass is 35.5. The molecule has 0 atom stereocenters. The number of anilines is 2. The second-order valence-corrected chi connectivity index (χ2v) is 10.2. The Balaban J connectivity index is 2.16. The third-order valence-corrected chi connectivity index (χ3v) is 6.30. The SMILES string of the molecule is COc1cc(OC(F)(F)F)cc(C(C)(C)c2cc(Cl)cc(N(c3ccccc3)S(C)(=O)=O)n2)c1. The van der Waals surface area contributed by atoms with Crippen LogP contribution in [0.25, 0.3) is 0 Å². The molecule has 0 amide bonds. The topological polar surface area (TPSA) is 68.7 Å². The first-order valence-corrected chi connectivity index (χ1v) is 12.1. The van der Waals surface area contributed by atoms with Crippen molar-refractivity contribution in [3.05, 3.63) is 76.9 Å². The highest BCUT2D eigenvalue weighted by Crippen LogP contribution is 2.39. The van der Waals surface area contributed by atoms with Crippen LogP contribution >= 0.6 is 11.6 Å². The van der Waals surface area contributed by atoms with E-state index in [1.165, 1.54) is 25.3 Å². The largest absolute Gasteiger partial charge is 0.573 e. The molecular weight excluding hydrogens is 493 g/mol. The van der Waals surface area contributed by atoms with Crippen molar-refractivity contribution in [3.63, 3.8) is 0 Å². The fourth-order valence-electron chi connectivity index (χ4n) is 3.36. The Labute approximate surface area is 201 Å². The summed E-state index contributed by atoms with van der Waals surface area (Å²) < 4.78 is 74.1. The molecule has 1 heterocycles. The van der Waals surface area contributed by atoms with Crippen LogP contribution in [-0.4, -0.2) is 33.1 Å². The number of aromatic nitrogens is 1. The van der Waals surface area contributed by atoms with Crippen molar-refractivity contribution >= 4 is 33.1 Å². The second-order valence-electron chi connectivity index (χ2n) is 7.96. The van der Waals surface area contributed by atoms with Crippen molar-refractivity contribution in [2.24, 2.45) is 0 Å². The monoisotopic (exact) mass is 514 g/mol. The Bertz CT molecular complexity index is 1280. The fraction of sp³-hybridized carbons (Fsp3) is 0.261. The Morgan fingerprint density at radius 1 is 0.971 bits per heavy atom. The Morgan fingerprint density at radius 3 is 2.15 bits per heavy atom. The first kappa shape index (κ1) is 25.6. The van der Waals surface area contributed by atoms with Gasteiger partial charge in [0.25, 0.3) is 0 Å². The van der Waals surface area contributed by atoms with Crippen LogP contribution in [0.5, 0.6) is 11.5 Å². The summed E-state index contributed by atoms with van der Waals surface area (Å²) in [6.45, 7) is 3.43. The third kappa shape index (κ3) is 5.92. The summed E-state index contributed by atoms with van der Waals surface area (Å²) in [5, 5.41) is 0.201. The lowest BCUT2D eigenvalue weighted by Crippen LogP contribution is -2.28. The maximum Gasteiger partial charge on any atom is 0.573 e. The predicted molar refractivity (Wildman–Crippen MR) is 124 cm³/mol. The molecule has 0 saturated heterocycles. The molecule has 0 aliphatic carbocycles. The van der Waals surface area contributed by atoms with Crippen molar-refractivity contribution in [1.82, 2.24) is 4.98 Å². The standard InChI is InChI=1S/C23H22ClF3N2O4S/c1-22(2,15-10-18(32-3)14-19(11-15)33-23(25,26)27)20-12-16(24)13-21(28-20)29(34(4,30)31)17-8-6-5-7-9-17/h5-14H,1-4H3. The lowest BCUT2D eigenvalue weighted by Gasteiger charge is -2.28. The van der Waals surface area contributed by atoms with E-state index in [0.29, 0.717) is 16.9 Å². The van der Waals surface area contributed by atoms with Crippen LogP contribution in [0.2, 0.25) is 5.02 Å². The van der Waals surface area contributed by atoms with E-state index < -0.39 is 27.6 Å². The smallest absolute Gasteiger partial charge is 0.497 e. The van der Waals surface area contributed by atoms with Gasteiger partial charge < -0.3 is 9.47 Å². The van der Waals surface area contributed by atoms with Gasteiger partial charge in [0.15, 0.2) is 0 Å². The van der Waals surface area contributed by atoms with Crippen molar-refractivity contribution in [2.75, 3.05) is 17.7 Å².